The van der Waals surface area contributed by atoms with Gasteiger partial charge in [0.2, 0.25) is 0 Å². The van der Waals surface area contributed by atoms with Crippen LogP contribution in [0.15, 0.2) is 4.99 Å². The number of ether oxygens (including phenoxy) is 2. The lowest BCUT2D eigenvalue weighted by molar-refractivity contribution is 0.0203. The summed E-state index contributed by atoms with van der Waals surface area (Å²) >= 11 is 2.10. The van der Waals surface area contributed by atoms with Gasteiger partial charge in [0.05, 0.1) is 0 Å². The maximum Gasteiger partial charge on any atom is 0.193 e. The highest BCUT2D eigenvalue weighted by Crippen LogP contribution is 2.24. The van der Waals surface area contributed by atoms with Crippen molar-refractivity contribution in [1.82, 2.24) is 10.2 Å². The summed E-state index contributed by atoms with van der Waals surface area (Å²) in [4.78, 5) is 6.87. The number of aliphatic imine (C=N–C) groups is 1. The Kier molecular flexibility index (Phi) is 9.28. The molecule has 0 aromatic carbocycles. The van der Waals surface area contributed by atoms with Crippen LogP contribution < -0.4 is 5.32 Å². The van der Waals surface area contributed by atoms with Gasteiger partial charge in [-0.15, -0.1) is 0 Å². The van der Waals surface area contributed by atoms with Crippen LogP contribution in [-0.4, -0.2) is 75.0 Å². The number of thioether (sulfide) groups is 1. The summed E-state index contributed by atoms with van der Waals surface area (Å²) in [6, 6.07) is 0. The molecule has 0 radical (unpaired) electrons. The fraction of sp³-hybridized carbons (Fsp3) is 0.944. The maximum atomic E-state index is 5.83. The maximum absolute atomic E-state index is 5.83. The second-order valence-corrected chi connectivity index (χ2v) is 8.40. The van der Waals surface area contributed by atoms with E-state index in [2.05, 4.69) is 40.8 Å². The van der Waals surface area contributed by atoms with Gasteiger partial charge in [0.25, 0.3) is 0 Å². The van der Waals surface area contributed by atoms with Gasteiger partial charge in [0.15, 0.2) is 5.96 Å². The van der Waals surface area contributed by atoms with Crippen molar-refractivity contribution in [2.75, 3.05) is 58.9 Å². The number of hydrogen-bond donors (Lipinski definition) is 1. The van der Waals surface area contributed by atoms with Crippen molar-refractivity contribution < 1.29 is 9.47 Å². The minimum atomic E-state index is 0.693. The minimum Gasteiger partial charge on any atom is -0.381 e. The molecular weight excluding hydrogens is 322 g/mol. The molecule has 1 unspecified atom stereocenters. The first-order valence-corrected chi connectivity index (χ1v) is 10.5. The van der Waals surface area contributed by atoms with E-state index in [0.717, 1.165) is 77.2 Å². The molecule has 2 heterocycles. The lowest BCUT2D eigenvalue weighted by atomic mass is 10.0. The zero-order valence-corrected chi connectivity index (χ0v) is 16.4. The smallest absolute Gasteiger partial charge is 0.193 e. The number of hydrogen-bond acceptors (Lipinski definition) is 4. The zero-order chi connectivity index (χ0) is 17.2. The molecule has 0 aromatic heterocycles. The number of guanidine groups is 1. The topological polar surface area (TPSA) is 46.1 Å². The molecule has 2 fully saturated rings. The van der Waals surface area contributed by atoms with E-state index in [1.807, 2.05) is 7.05 Å². The summed E-state index contributed by atoms with van der Waals surface area (Å²) in [5.41, 5.74) is 0. The average molecular weight is 358 g/mol. The van der Waals surface area contributed by atoms with Crippen LogP contribution in [0.3, 0.4) is 0 Å². The Morgan fingerprint density at radius 1 is 1.38 bits per heavy atom. The average Bonchev–Trinajstić information content (AvgIpc) is 2.62. The van der Waals surface area contributed by atoms with Crippen LogP contribution in [0, 0.1) is 11.8 Å². The van der Waals surface area contributed by atoms with Gasteiger partial charge >= 0.3 is 0 Å². The van der Waals surface area contributed by atoms with Crippen LogP contribution in [0.25, 0.3) is 0 Å². The van der Waals surface area contributed by atoms with Crippen molar-refractivity contribution >= 4 is 17.7 Å². The molecule has 0 amide bonds. The molecule has 2 aliphatic heterocycles. The first-order chi connectivity index (χ1) is 11.7. The van der Waals surface area contributed by atoms with E-state index in [4.69, 9.17) is 9.47 Å². The largest absolute Gasteiger partial charge is 0.381 e. The van der Waals surface area contributed by atoms with Gasteiger partial charge in [0.1, 0.15) is 0 Å². The highest BCUT2D eigenvalue weighted by molar-refractivity contribution is 8.00. The van der Waals surface area contributed by atoms with Crippen molar-refractivity contribution in [3.8, 4) is 0 Å². The standard InChI is InChI=1S/C18H35N3O2S/c1-15(2)17-13-21(8-12-24-17)18(19-3)20-7-4-9-23-14-16-5-10-22-11-6-16/h15-17H,4-14H2,1-3H3,(H,19,20). The lowest BCUT2D eigenvalue weighted by Gasteiger charge is -2.36. The summed E-state index contributed by atoms with van der Waals surface area (Å²) in [5.74, 6) is 3.65. The third-order valence-corrected chi connectivity index (χ3v) is 6.33. The summed E-state index contributed by atoms with van der Waals surface area (Å²) in [6.07, 6.45) is 3.32. The van der Waals surface area contributed by atoms with E-state index in [9.17, 15) is 0 Å². The third kappa shape index (κ3) is 6.81. The van der Waals surface area contributed by atoms with Crippen molar-refractivity contribution in [3.05, 3.63) is 0 Å². The Labute approximate surface area is 151 Å². The molecule has 1 atom stereocenters. The third-order valence-electron chi connectivity index (χ3n) is 4.79. The van der Waals surface area contributed by atoms with E-state index in [1.54, 1.807) is 0 Å². The van der Waals surface area contributed by atoms with Gasteiger partial charge in [-0.1, -0.05) is 13.8 Å². The molecule has 0 aliphatic carbocycles. The van der Waals surface area contributed by atoms with Crippen molar-refractivity contribution in [3.63, 3.8) is 0 Å². The van der Waals surface area contributed by atoms with Gasteiger partial charge in [-0.05, 0) is 31.1 Å². The fourth-order valence-electron chi connectivity index (χ4n) is 3.14. The first kappa shape index (κ1) is 19.9. The van der Waals surface area contributed by atoms with Gasteiger partial charge in [-0.2, -0.15) is 11.8 Å². The van der Waals surface area contributed by atoms with Crippen molar-refractivity contribution in [2.45, 2.75) is 38.4 Å². The van der Waals surface area contributed by atoms with E-state index in [0.29, 0.717) is 11.2 Å². The Morgan fingerprint density at radius 2 is 2.17 bits per heavy atom. The van der Waals surface area contributed by atoms with Crippen LogP contribution in [-0.2, 0) is 9.47 Å². The lowest BCUT2D eigenvalue weighted by Crippen LogP contribution is -2.49. The monoisotopic (exact) mass is 357 g/mol. The molecule has 6 heteroatoms. The predicted molar refractivity (Wildman–Crippen MR) is 103 cm³/mol. The molecule has 2 aliphatic rings. The molecular formula is C18H35N3O2S. The van der Waals surface area contributed by atoms with Crippen LogP contribution in [0.1, 0.15) is 33.1 Å². The van der Waals surface area contributed by atoms with Gasteiger partial charge in [0, 0.05) is 64.1 Å². The summed E-state index contributed by atoms with van der Waals surface area (Å²) < 4.78 is 11.2. The normalized spacial score (nSPS) is 23.8. The molecule has 140 valence electrons. The molecule has 1 N–H and O–H groups in total. The molecule has 0 bridgehead atoms. The second kappa shape index (κ2) is 11.2. The second-order valence-electron chi connectivity index (χ2n) is 7.06. The Hall–Kier alpha value is -0.460. The molecule has 5 nitrogen and oxygen atoms in total. The minimum absolute atomic E-state index is 0.693. The number of nitrogens with zero attached hydrogens (tertiary/aromatic N) is 2. The van der Waals surface area contributed by atoms with E-state index in [1.165, 1.54) is 5.75 Å². The van der Waals surface area contributed by atoms with Crippen LogP contribution in [0.2, 0.25) is 0 Å². The van der Waals surface area contributed by atoms with Crippen molar-refractivity contribution in [1.29, 1.82) is 0 Å². The SMILES string of the molecule is CN=C(NCCCOCC1CCOCC1)N1CCSC(C(C)C)C1. The highest BCUT2D eigenvalue weighted by Gasteiger charge is 2.24. The molecule has 24 heavy (non-hydrogen) atoms. The molecule has 0 aromatic rings. The number of nitrogens with one attached hydrogen (secondary N) is 1. The summed E-state index contributed by atoms with van der Waals surface area (Å²) in [7, 11) is 1.89. The Bertz CT molecular complexity index is 373. The van der Waals surface area contributed by atoms with Crippen molar-refractivity contribution in [2.24, 2.45) is 16.8 Å². The molecule has 0 saturated carbocycles. The van der Waals surface area contributed by atoms with Gasteiger partial charge < -0.3 is 19.7 Å². The van der Waals surface area contributed by atoms with Gasteiger partial charge in [-0.25, -0.2) is 0 Å². The fourth-order valence-corrected chi connectivity index (χ4v) is 4.44. The molecule has 0 spiro atoms. The van der Waals surface area contributed by atoms with Crippen LogP contribution in [0.5, 0.6) is 0 Å². The molecule has 2 saturated heterocycles. The van der Waals surface area contributed by atoms with Gasteiger partial charge in [-0.3, -0.25) is 4.99 Å². The molecule has 2 rings (SSSR count). The highest BCUT2D eigenvalue weighted by atomic mass is 32.2. The predicted octanol–water partition coefficient (Wildman–Crippen LogP) is 2.47. The van der Waals surface area contributed by atoms with E-state index < -0.39 is 0 Å². The summed E-state index contributed by atoms with van der Waals surface area (Å²) in [5, 5.41) is 4.21. The van der Waals surface area contributed by atoms with E-state index >= 15 is 0 Å². The Balaban J connectivity index is 1.58. The Morgan fingerprint density at radius 3 is 2.88 bits per heavy atom. The summed E-state index contributed by atoms with van der Waals surface area (Å²) in [6.45, 7) is 11.3. The van der Waals surface area contributed by atoms with E-state index in [-0.39, 0.29) is 0 Å². The van der Waals surface area contributed by atoms with Crippen LogP contribution >= 0.6 is 11.8 Å². The number of rotatable bonds is 7. The quantitative estimate of drug-likeness (QED) is 0.431. The zero-order valence-electron chi connectivity index (χ0n) is 15.6. The van der Waals surface area contributed by atoms with Crippen LogP contribution in [0.4, 0.5) is 0 Å². The first-order valence-electron chi connectivity index (χ1n) is 9.43.